The van der Waals surface area contributed by atoms with Crippen LogP contribution in [-0.2, 0) is 19.3 Å². The summed E-state index contributed by atoms with van der Waals surface area (Å²) in [5.74, 6) is 4.57. The molecule has 0 radical (unpaired) electrons. The van der Waals surface area contributed by atoms with E-state index in [2.05, 4.69) is 53.2 Å². The maximum Gasteiger partial charge on any atom is 0.159 e. The highest BCUT2D eigenvalue weighted by Gasteiger charge is 2.04. The minimum atomic E-state index is -0.848. The van der Waals surface area contributed by atoms with Crippen LogP contribution in [0.25, 0.3) is 10.8 Å². The van der Waals surface area contributed by atoms with E-state index < -0.39 is 11.6 Å². The average molecular weight is 438 g/mol. The first-order chi connectivity index (χ1) is 16.1. The van der Waals surface area contributed by atoms with Gasteiger partial charge in [0.05, 0.1) is 0 Å². The van der Waals surface area contributed by atoms with E-state index in [0.29, 0.717) is 10.8 Å². The van der Waals surface area contributed by atoms with Gasteiger partial charge in [0.1, 0.15) is 0 Å². The van der Waals surface area contributed by atoms with Gasteiger partial charge in [-0.2, -0.15) is 0 Å². The largest absolute Gasteiger partial charge is 0.261 e. The molecule has 0 N–H and O–H groups in total. The normalized spacial score (nSPS) is 11.0. The predicted octanol–water partition coefficient (Wildman–Crippen LogP) is 7.21. The molecule has 0 spiro atoms. The van der Waals surface area contributed by atoms with E-state index in [1.807, 2.05) is 31.3 Å². The quantitative estimate of drug-likeness (QED) is 0.229. The van der Waals surface area contributed by atoms with Gasteiger partial charge in [-0.15, -0.1) is 0 Å². The molecule has 164 valence electrons. The van der Waals surface area contributed by atoms with Crippen molar-refractivity contribution >= 4 is 10.8 Å². The number of nitrogens with zero attached hydrogens (tertiary/aromatic N) is 1. The zero-order valence-corrected chi connectivity index (χ0v) is 18.6. The first kappa shape index (κ1) is 22.4. The summed E-state index contributed by atoms with van der Waals surface area (Å²) in [6.07, 6.45) is 10.1. The molecule has 4 rings (SSSR count). The molecule has 0 aliphatic rings. The van der Waals surface area contributed by atoms with Crippen molar-refractivity contribution in [3.8, 4) is 11.8 Å². The van der Waals surface area contributed by atoms with E-state index in [9.17, 15) is 8.78 Å². The highest BCUT2D eigenvalue weighted by Crippen LogP contribution is 2.20. The van der Waals surface area contributed by atoms with Crippen molar-refractivity contribution in [1.29, 1.82) is 0 Å². The van der Waals surface area contributed by atoms with Gasteiger partial charge in [0.15, 0.2) is 11.6 Å². The highest BCUT2D eigenvalue weighted by atomic mass is 19.2. The second-order valence-electron chi connectivity index (χ2n) is 8.04. The number of rotatable bonds is 6. The summed E-state index contributed by atoms with van der Waals surface area (Å²) in [7, 11) is 0. The summed E-state index contributed by atoms with van der Waals surface area (Å²) in [5, 5.41) is 1.29. The van der Waals surface area contributed by atoms with E-state index in [1.54, 1.807) is 12.1 Å². The average Bonchev–Trinajstić information content (AvgIpc) is 2.84. The summed E-state index contributed by atoms with van der Waals surface area (Å²) >= 11 is 0. The summed E-state index contributed by atoms with van der Waals surface area (Å²) in [6.45, 7) is 2.04. The number of pyridine rings is 1. The van der Waals surface area contributed by atoms with E-state index in [-0.39, 0.29) is 0 Å². The third-order valence-corrected chi connectivity index (χ3v) is 5.58. The van der Waals surface area contributed by atoms with Crippen LogP contribution in [0.15, 0.2) is 85.1 Å². The fraction of sp³-hybridized carbons (Fsp3) is 0.167. The minimum absolute atomic E-state index is 0.635. The molecule has 0 bridgehead atoms. The Morgan fingerprint density at radius 3 is 2.15 bits per heavy atom. The number of benzene rings is 3. The van der Waals surface area contributed by atoms with Crippen LogP contribution in [0.4, 0.5) is 8.78 Å². The fourth-order valence-electron chi connectivity index (χ4n) is 3.66. The smallest absolute Gasteiger partial charge is 0.159 e. The molecule has 0 unspecified atom stereocenters. The van der Waals surface area contributed by atoms with Crippen LogP contribution in [0, 0.1) is 23.5 Å². The topological polar surface area (TPSA) is 12.9 Å². The second-order valence-corrected chi connectivity index (χ2v) is 8.04. The summed E-state index contributed by atoms with van der Waals surface area (Å²) < 4.78 is 26.9. The second kappa shape index (κ2) is 10.7. The standard InChI is InChI=1S/C30H25F2N/c1-2-3-4-5-25-14-17-28(33-21-25)16-13-23-8-6-22(7-9-23)10-11-24-12-15-26-19-29(31)30(32)20-27(26)18-24/h2-3,6-9,12,14-15,17-21H,4-5,13,16H2,1H3/b3-2+. The lowest BCUT2D eigenvalue weighted by Gasteiger charge is -2.04. The zero-order chi connectivity index (χ0) is 23.0. The predicted molar refractivity (Wildman–Crippen MR) is 131 cm³/mol. The van der Waals surface area contributed by atoms with Gasteiger partial charge >= 0.3 is 0 Å². The van der Waals surface area contributed by atoms with Crippen molar-refractivity contribution < 1.29 is 8.78 Å². The molecular formula is C30H25F2N. The number of halogens is 2. The fourth-order valence-corrected chi connectivity index (χ4v) is 3.66. The first-order valence-corrected chi connectivity index (χ1v) is 11.2. The Balaban J connectivity index is 1.36. The molecule has 1 heterocycles. The number of allylic oxidation sites excluding steroid dienone is 2. The molecule has 1 aromatic heterocycles. The number of hydrogen-bond acceptors (Lipinski definition) is 1. The number of hydrogen-bond donors (Lipinski definition) is 0. The molecular weight excluding hydrogens is 412 g/mol. The number of aromatic nitrogens is 1. The molecule has 0 fully saturated rings. The van der Waals surface area contributed by atoms with Crippen molar-refractivity contribution in [3.63, 3.8) is 0 Å². The van der Waals surface area contributed by atoms with E-state index >= 15 is 0 Å². The zero-order valence-electron chi connectivity index (χ0n) is 18.6. The Bertz CT molecular complexity index is 1320. The van der Waals surface area contributed by atoms with Crippen LogP contribution in [0.5, 0.6) is 0 Å². The van der Waals surface area contributed by atoms with E-state index in [0.717, 1.165) is 42.5 Å². The lowest BCUT2D eigenvalue weighted by Crippen LogP contribution is -1.96. The molecule has 4 aromatic rings. The van der Waals surface area contributed by atoms with Crippen molar-refractivity contribution in [2.45, 2.75) is 32.6 Å². The molecule has 3 aromatic carbocycles. The highest BCUT2D eigenvalue weighted by molar-refractivity contribution is 5.84. The first-order valence-electron chi connectivity index (χ1n) is 11.2. The van der Waals surface area contributed by atoms with Crippen LogP contribution < -0.4 is 0 Å². The molecule has 1 nitrogen and oxygen atoms in total. The molecule has 0 saturated heterocycles. The maximum absolute atomic E-state index is 13.5. The summed E-state index contributed by atoms with van der Waals surface area (Å²) in [5.41, 5.74) is 5.28. The van der Waals surface area contributed by atoms with Crippen molar-refractivity contribution in [3.05, 3.63) is 125 Å². The Kier molecular flexibility index (Phi) is 7.27. The van der Waals surface area contributed by atoms with Crippen LogP contribution in [0.2, 0.25) is 0 Å². The molecule has 0 aliphatic heterocycles. The van der Waals surface area contributed by atoms with E-state index in [1.165, 1.54) is 23.3 Å². The maximum atomic E-state index is 13.5. The van der Waals surface area contributed by atoms with Crippen LogP contribution in [0.1, 0.15) is 41.3 Å². The van der Waals surface area contributed by atoms with Gasteiger partial charge in [0, 0.05) is 23.0 Å². The van der Waals surface area contributed by atoms with Gasteiger partial charge in [0.25, 0.3) is 0 Å². The van der Waals surface area contributed by atoms with Gasteiger partial charge < -0.3 is 0 Å². The Labute approximate surface area is 193 Å². The number of fused-ring (bicyclic) bond motifs is 1. The molecule has 0 atom stereocenters. The molecule has 33 heavy (non-hydrogen) atoms. The third-order valence-electron chi connectivity index (χ3n) is 5.58. The van der Waals surface area contributed by atoms with Crippen LogP contribution >= 0.6 is 0 Å². The Morgan fingerprint density at radius 2 is 1.42 bits per heavy atom. The third kappa shape index (κ3) is 6.14. The Hall–Kier alpha value is -3.77. The lowest BCUT2D eigenvalue weighted by atomic mass is 10.0. The van der Waals surface area contributed by atoms with Gasteiger partial charge in [-0.25, -0.2) is 8.78 Å². The van der Waals surface area contributed by atoms with Gasteiger partial charge in [-0.3, -0.25) is 4.98 Å². The van der Waals surface area contributed by atoms with Gasteiger partial charge in [0.2, 0.25) is 0 Å². The minimum Gasteiger partial charge on any atom is -0.261 e. The van der Waals surface area contributed by atoms with Gasteiger partial charge in [-0.05, 0) is 97.0 Å². The SMILES string of the molecule is C/C=C/CCc1ccc(CCc2ccc(C#Cc3ccc4cc(F)c(F)cc4c3)cc2)nc1. The molecule has 3 heteroatoms. The van der Waals surface area contributed by atoms with Crippen LogP contribution in [0.3, 0.4) is 0 Å². The molecule has 0 amide bonds. The van der Waals surface area contributed by atoms with Gasteiger partial charge in [-0.1, -0.05) is 48.3 Å². The summed E-state index contributed by atoms with van der Waals surface area (Å²) in [4.78, 5) is 4.59. The van der Waals surface area contributed by atoms with Crippen molar-refractivity contribution in [1.82, 2.24) is 4.98 Å². The summed E-state index contributed by atoms with van der Waals surface area (Å²) in [6, 6.07) is 20.3. The molecule has 0 saturated carbocycles. The Morgan fingerprint density at radius 1 is 0.727 bits per heavy atom. The lowest BCUT2D eigenvalue weighted by molar-refractivity contribution is 0.511. The molecule has 0 aliphatic carbocycles. The van der Waals surface area contributed by atoms with E-state index in [4.69, 9.17) is 0 Å². The number of aryl methyl sites for hydroxylation is 3. The monoisotopic (exact) mass is 437 g/mol. The van der Waals surface area contributed by atoms with Crippen LogP contribution in [-0.4, -0.2) is 4.98 Å². The van der Waals surface area contributed by atoms with Crippen molar-refractivity contribution in [2.24, 2.45) is 0 Å². The van der Waals surface area contributed by atoms with Crippen molar-refractivity contribution in [2.75, 3.05) is 0 Å².